The molecule has 27 heavy (non-hydrogen) atoms. The lowest BCUT2D eigenvalue weighted by Crippen LogP contribution is -2.24. The van der Waals surface area contributed by atoms with Crippen molar-refractivity contribution in [3.63, 3.8) is 0 Å². The standard InChI is InChI=1S/C21H24N2O3S/c1-3-19(21(25)22-15-9-11-17(26-2)12-10-15)27-18-6-4-5-16(13-18)23-20(24)14-7-8-14/h4-6,9-14,19H,3,7-8H2,1-2H3,(H,22,25)(H,23,24). The third-order valence-corrected chi connectivity index (χ3v) is 5.71. The van der Waals surface area contributed by atoms with E-state index in [2.05, 4.69) is 10.6 Å². The van der Waals surface area contributed by atoms with Crippen LogP contribution in [0.5, 0.6) is 5.75 Å². The maximum Gasteiger partial charge on any atom is 0.237 e. The molecule has 2 N–H and O–H groups in total. The van der Waals surface area contributed by atoms with E-state index >= 15 is 0 Å². The molecule has 0 spiro atoms. The number of methoxy groups -OCH3 is 1. The van der Waals surface area contributed by atoms with Crippen molar-refractivity contribution >= 4 is 35.0 Å². The molecule has 1 atom stereocenters. The van der Waals surface area contributed by atoms with Crippen LogP contribution in [0.25, 0.3) is 0 Å². The van der Waals surface area contributed by atoms with E-state index < -0.39 is 0 Å². The van der Waals surface area contributed by atoms with Crippen molar-refractivity contribution in [3.05, 3.63) is 48.5 Å². The largest absolute Gasteiger partial charge is 0.497 e. The van der Waals surface area contributed by atoms with E-state index in [0.29, 0.717) is 6.42 Å². The van der Waals surface area contributed by atoms with Crippen molar-refractivity contribution in [1.82, 2.24) is 0 Å². The lowest BCUT2D eigenvalue weighted by Gasteiger charge is -2.15. The van der Waals surface area contributed by atoms with Crippen LogP contribution < -0.4 is 15.4 Å². The molecule has 0 radical (unpaired) electrons. The van der Waals surface area contributed by atoms with Gasteiger partial charge in [0, 0.05) is 22.2 Å². The summed E-state index contributed by atoms with van der Waals surface area (Å²) in [6, 6.07) is 14.9. The van der Waals surface area contributed by atoms with E-state index in [0.717, 1.165) is 34.9 Å². The van der Waals surface area contributed by atoms with Gasteiger partial charge >= 0.3 is 0 Å². The monoisotopic (exact) mass is 384 g/mol. The number of carbonyl (C=O) groups excluding carboxylic acids is 2. The van der Waals surface area contributed by atoms with Gasteiger partial charge in [0.15, 0.2) is 0 Å². The number of hydrogen-bond donors (Lipinski definition) is 2. The van der Waals surface area contributed by atoms with Gasteiger partial charge in [0.25, 0.3) is 0 Å². The normalized spacial score (nSPS) is 14.3. The molecule has 2 aromatic carbocycles. The van der Waals surface area contributed by atoms with Crippen LogP contribution in [0.4, 0.5) is 11.4 Å². The summed E-state index contributed by atoms with van der Waals surface area (Å²) in [6.45, 7) is 1.99. The minimum atomic E-state index is -0.221. The summed E-state index contributed by atoms with van der Waals surface area (Å²) in [5.74, 6) is 0.959. The second-order valence-electron chi connectivity index (χ2n) is 6.52. The molecule has 1 unspecified atom stereocenters. The van der Waals surface area contributed by atoms with Crippen LogP contribution >= 0.6 is 11.8 Å². The lowest BCUT2D eigenvalue weighted by molar-refractivity contribution is -0.117. The molecule has 142 valence electrons. The van der Waals surface area contributed by atoms with Gasteiger partial charge in [0.1, 0.15) is 5.75 Å². The summed E-state index contributed by atoms with van der Waals surface area (Å²) < 4.78 is 5.13. The molecule has 1 saturated carbocycles. The maximum atomic E-state index is 12.6. The Morgan fingerprint density at radius 1 is 1.11 bits per heavy atom. The van der Waals surface area contributed by atoms with Crippen LogP contribution in [0.1, 0.15) is 26.2 Å². The Balaban J connectivity index is 1.61. The highest BCUT2D eigenvalue weighted by Crippen LogP contribution is 2.32. The minimum absolute atomic E-state index is 0.0416. The second kappa shape index (κ2) is 8.95. The SMILES string of the molecule is CCC(Sc1cccc(NC(=O)C2CC2)c1)C(=O)Nc1ccc(OC)cc1. The van der Waals surface area contributed by atoms with Gasteiger partial charge in [0.2, 0.25) is 11.8 Å². The highest BCUT2D eigenvalue weighted by molar-refractivity contribution is 8.00. The summed E-state index contributed by atoms with van der Waals surface area (Å²) in [4.78, 5) is 25.5. The molecular formula is C21H24N2O3S. The average molecular weight is 385 g/mol. The zero-order chi connectivity index (χ0) is 19.2. The Bertz CT molecular complexity index is 803. The second-order valence-corrected chi connectivity index (χ2v) is 7.80. The fourth-order valence-electron chi connectivity index (χ4n) is 2.62. The first-order chi connectivity index (χ1) is 13.1. The lowest BCUT2D eigenvalue weighted by atomic mass is 10.2. The fraction of sp³-hybridized carbons (Fsp3) is 0.333. The molecule has 0 bridgehead atoms. The van der Waals surface area contributed by atoms with E-state index in [-0.39, 0.29) is 23.0 Å². The number of amides is 2. The minimum Gasteiger partial charge on any atom is -0.497 e. The molecule has 1 fully saturated rings. The van der Waals surface area contributed by atoms with Gasteiger partial charge in [0.05, 0.1) is 12.4 Å². The van der Waals surface area contributed by atoms with E-state index in [1.807, 2.05) is 55.5 Å². The Hall–Kier alpha value is -2.47. The number of ether oxygens (including phenoxy) is 1. The zero-order valence-electron chi connectivity index (χ0n) is 15.5. The Morgan fingerprint density at radius 2 is 1.85 bits per heavy atom. The molecule has 3 rings (SSSR count). The number of carbonyl (C=O) groups is 2. The number of benzene rings is 2. The first-order valence-corrected chi connectivity index (χ1v) is 9.99. The fourth-order valence-corrected chi connectivity index (χ4v) is 3.63. The van der Waals surface area contributed by atoms with Crippen molar-refractivity contribution in [1.29, 1.82) is 0 Å². The van der Waals surface area contributed by atoms with Crippen molar-refractivity contribution in [3.8, 4) is 5.75 Å². The number of rotatable bonds is 8. The predicted octanol–water partition coefficient (Wildman–Crippen LogP) is 4.55. The Morgan fingerprint density at radius 3 is 2.48 bits per heavy atom. The third kappa shape index (κ3) is 5.50. The molecule has 0 saturated heterocycles. The maximum absolute atomic E-state index is 12.6. The van der Waals surface area contributed by atoms with Crippen molar-refractivity contribution in [2.45, 2.75) is 36.3 Å². The highest BCUT2D eigenvalue weighted by Gasteiger charge is 2.29. The predicted molar refractivity (Wildman–Crippen MR) is 109 cm³/mol. The first kappa shape index (κ1) is 19.3. The van der Waals surface area contributed by atoms with Crippen molar-refractivity contribution in [2.75, 3.05) is 17.7 Å². The number of anilines is 2. The summed E-state index contributed by atoms with van der Waals surface area (Å²) in [7, 11) is 1.61. The molecule has 0 heterocycles. The third-order valence-electron chi connectivity index (χ3n) is 4.35. The smallest absolute Gasteiger partial charge is 0.237 e. The van der Waals surface area contributed by atoms with Gasteiger partial charge in [-0.25, -0.2) is 0 Å². The summed E-state index contributed by atoms with van der Waals surface area (Å²) in [6.07, 6.45) is 2.65. The summed E-state index contributed by atoms with van der Waals surface area (Å²) in [5.41, 5.74) is 1.52. The van der Waals surface area contributed by atoms with Gasteiger partial charge < -0.3 is 15.4 Å². The molecular weight excluding hydrogens is 360 g/mol. The van der Waals surface area contributed by atoms with Crippen LogP contribution in [0.2, 0.25) is 0 Å². The van der Waals surface area contributed by atoms with Crippen molar-refractivity contribution in [2.24, 2.45) is 5.92 Å². The molecule has 0 aromatic heterocycles. The molecule has 2 aromatic rings. The molecule has 2 amide bonds. The van der Waals surface area contributed by atoms with E-state index in [4.69, 9.17) is 4.74 Å². The Kier molecular flexibility index (Phi) is 6.40. The molecule has 0 aliphatic heterocycles. The summed E-state index contributed by atoms with van der Waals surface area (Å²) in [5, 5.41) is 5.68. The van der Waals surface area contributed by atoms with Gasteiger partial charge in [-0.1, -0.05) is 13.0 Å². The first-order valence-electron chi connectivity index (χ1n) is 9.11. The van der Waals surface area contributed by atoms with Gasteiger partial charge in [-0.15, -0.1) is 11.8 Å². The zero-order valence-corrected chi connectivity index (χ0v) is 16.3. The molecule has 5 nitrogen and oxygen atoms in total. The average Bonchev–Trinajstić information content (AvgIpc) is 3.52. The molecule has 1 aliphatic carbocycles. The number of thioether (sulfide) groups is 1. The van der Waals surface area contributed by atoms with Crippen LogP contribution in [-0.2, 0) is 9.59 Å². The quantitative estimate of drug-likeness (QED) is 0.655. The Labute approximate surface area is 163 Å². The van der Waals surface area contributed by atoms with Gasteiger partial charge in [-0.3, -0.25) is 9.59 Å². The summed E-state index contributed by atoms with van der Waals surface area (Å²) >= 11 is 1.50. The molecule has 1 aliphatic rings. The van der Waals surface area contributed by atoms with Gasteiger partial charge in [-0.05, 0) is 61.7 Å². The van der Waals surface area contributed by atoms with Crippen LogP contribution in [0.15, 0.2) is 53.4 Å². The van der Waals surface area contributed by atoms with Crippen LogP contribution in [0.3, 0.4) is 0 Å². The van der Waals surface area contributed by atoms with E-state index in [9.17, 15) is 9.59 Å². The van der Waals surface area contributed by atoms with Gasteiger partial charge in [-0.2, -0.15) is 0 Å². The topological polar surface area (TPSA) is 67.4 Å². The van der Waals surface area contributed by atoms with E-state index in [1.54, 1.807) is 7.11 Å². The van der Waals surface area contributed by atoms with Crippen molar-refractivity contribution < 1.29 is 14.3 Å². The van der Waals surface area contributed by atoms with E-state index in [1.165, 1.54) is 11.8 Å². The van der Waals surface area contributed by atoms with Crippen LogP contribution in [0, 0.1) is 5.92 Å². The number of hydrogen-bond acceptors (Lipinski definition) is 4. The van der Waals surface area contributed by atoms with Crippen LogP contribution in [-0.4, -0.2) is 24.2 Å². The number of nitrogens with one attached hydrogen (secondary N) is 2. The molecule has 6 heteroatoms. The highest BCUT2D eigenvalue weighted by atomic mass is 32.2.